The molecular formula is C19H24N4O. The van der Waals surface area contributed by atoms with E-state index in [9.17, 15) is 10.4 Å². The van der Waals surface area contributed by atoms with Crippen molar-refractivity contribution in [3.63, 3.8) is 0 Å². The molecule has 1 N–H and O–H groups in total. The van der Waals surface area contributed by atoms with Crippen LogP contribution in [0.4, 0.5) is 0 Å². The van der Waals surface area contributed by atoms with Crippen LogP contribution in [0.3, 0.4) is 0 Å². The van der Waals surface area contributed by atoms with Crippen LogP contribution in [0.25, 0.3) is 0 Å². The van der Waals surface area contributed by atoms with Gasteiger partial charge in [0.1, 0.15) is 0 Å². The monoisotopic (exact) mass is 324 g/mol. The van der Waals surface area contributed by atoms with Gasteiger partial charge in [-0.15, -0.1) is 0 Å². The standard InChI is InChI=1S/C19H24N4O/c1-14-5-6-15(8-16(14)10-20)12-23-7-3-4-18(23)9-19(24)17-11-21-22(2)13-17/h5-6,8,11,13,18-19,24H,3-4,7,9,12H2,1-2H3. The number of hydrogen-bond acceptors (Lipinski definition) is 4. The highest BCUT2D eigenvalue weighted by atomic mass is 16.3. The normalized spacial score (nSPS) is 19.3. The Balaban J connectivity index is 1.66. The molecule has 126 valence electrons. The van der Waals surface area contributed by atoms with Gasteiger partial charge in [0.15, 0.2) is 0 Å². The third kappa shape index (κ3) is 3.66. The fourth-order valence-electron chi connectivity index (χ4n) is 3.50. The lowest BCUT2D eigenvalue weighted by Gasteiger charge is -2.26. The van der Waals surface area contributed by atoms with Crippen LogP contribution < -0.4 is 0 Å². The van der Waals surface area contributed by atoms with Gasteiger partial charge < -0.3 is 5.11 Å². The summed E-state index contributed by atoms with van der Waals surface area (Å²) in [5.74, 6) is 0. The number of likely N-dealkylation sites (tertiary alicyclic amines) is 1. The molecule has 1 fully saturated rings. The SMILES string of the molecule is Cc1ccc(CN2CCCC2CC(O)c2cnn(C)c2)cc1C#N. The van der Waals surface area contributed by atoms with Gasteiger partial charge in [-0.25, -0.2) is 0 Å². The van der Waals surface area contributed by atoms with Crippen LogP contribution in [0, 0.1) is 18.3 Å². The van der Waals surface area contributed by atoms with Gasteiger partial charge >= 0.3 is 0 Å². The average molecular weight is 324 g/mol. The van der Waals surface area contributed by atoms with E-state index >= 15 is 0 Å². The smallest absolute Gasteiger partial charge is 0.0994 e. The summed E-state index contributed by atoms with van der Waals surface area (Å²) in [6, 6.07) is 8.73. The zero-order valence-corrected chi connectivity index (χ0v) is 14.3. The van der Waals surface area contributed by atoms with E-state index in [0.717, 1.165) is 49.0 Å². The Morgan fingerprint density at radius 3 is 3.00 bits per heavy atom. The van der Waals surface area contributed by atoms with E-state index in [1.165, 1.54) is 5.56 Å². The number of benzene rings is 1. The number of hydrogen-bond donors (Lipinski definition) is 1. The first kappa shape index (κ1) is 16.7. The molecule has 0 bridgehead atoms. The maximum Gasteiger partial charge on any atom is 0.0994 e. The Labute approximate surface area is 143 Å². The summed E-state index contributed by atoms with van der Waals surface area (Å²) in [7, 11) is 1.86. The van der Waals surface area contributed by atoms with E-state index < -0.39 is 6.10 Å². The highest BCUT2D eigenvalue weighted by Gasteiger charge is 2.27. The number of aromatic nitrogens is 2. The van der Waals surface area contributed by atoms with Crippen molar-refractivity contribution in [1.29, 1.82) is 5.26 Å². The Bertz CT molecular complexity index is 746. The van der Waals surface area contributed by atoms with Gasteiger partial charge in [-0.2, -0.15) is 10.4 Å². The summed E-state index contributed by atoms with van der Waals surface area (Å²) in [5.41, 5.74) is 3.82. The third-order valence-corrected chi connectivity index (χ3v) is 4.91. The fourth-order valence-corrected chi connectivity index (χ4v) is 3.50. The van der Waals surface area contributed by atoms with Crippen molar-refractivity contribution in [2.24, 2.45) is 7.05 Å². The van der Waals surface area contributed by atoms with Crippen LogP contribution in [0.2, 0.25) is 0 Å². The second-order valence-corrected chi connectivity index (χ2v) is 6.73. The van der Waals surface area contributed by atoms with Crippen molar-refractivity contribution in [2.75, 3.05) is 6.54 Å². The van der Waals surface area contributed by atoms with Crippen molar-refractivity contribution in [2.45, 2.75) is 44.9 Å². The molecule has 2 unspecified atom stereocenters. The lowest BCUT2D eigenvalue weighted by atomic mass is 10.0. The highest BCUT2D eigenvalue weighted by Crippen LogP contribution is 2.28. The van der Waals surface area contributed by atoms with Gasteiger partial charge in [-0.3, -0.25) is 9.58 Å². The van der Waals surface area contributed by atoms with Gasteiger partial charge in [0.05, 0.1) is 23.9 Å². The van der Waals surface area contributed by atoms with Gasteiger partial charge in [-0.05, 0) is 49.9 Å². The van der Waals surface area contributed by atoms with Crippen LogP contribution in [0.15, 0.2) is 30.6 Å². The summed E-state index contributed by atoms with van der Waals surface area (Å²) in [6.45, 7) is 3.84. The van der Waals surface area contributed by atoms with E-state index in [1.807, 2.05) is 32.3 Å². The van der Waals surface area contributed by atoms with E-state index in [0.29, 0.717) is 6.04 Å². The second kappa shape index (κ2) is 7.16. The topological polar surface area (TPSA) is 65.1 Å². The van der Waals surface area contributed by atoms with Crippen LogP contribution in [-0.2, 0) is 13.6 Å². The first-order chi connectivity index (χ1) is 11.6. The number of aryl methyl sites for hydroxylation is 2. The van der Waals surface area contributed by atoms with Gasteiger partial charge in [-0.1, -0.05) is 12.1 Å². The van der Waals surface area contributed by atoms with E-state index in [4.69, 9.17) is 0 Å². The molecule has 1 aromatic heterocycles. The molecule has 2 atom stereocenters. The van der Waals surface area contributed by atoms with Crippen molar-refractivity contribution >= 4 is 0 Å². The minimum atomic E-state index is -0.475. The number of aliphatic hydroxyl groups excluding tert-OH is 1. The molecule has 1 aromatic carbocycles. The quantitative estimate of drug-likeness (QED) is 0.918. The summed E-state index contributed by atoms with van der Waals surface area (Å²) >= 11 is 0. The Morgan fingerprint density at radius 2 is 2.29 bits per heavy atom. The minimum Gasteiger partial charge on any atom is -0.388 e. The number of rotatable bonds is 5. The van der Waals surface area contributed by atoms with Crippen LogP contribution in [0.1, 0.15) is 47.6 Å². The largest absolute Gasteiger partial charge is 0.388 e. The van der Waals surface area contributed by atoms with Crippen LogP contribution >= 0.6 is 0 Å². The van der Waals surface area contributed by atoms with E-state index in [2.05, 4.69) is 22.1 Å². The van der Waals surface area contributed by atoms with Crippen LogP contribution in [-0.4, -0.2) is 32.4 Å². The minimum absolute atomic E-state index is 0.368. The Kier molecular flexibility index (Phi) is 4.98. The van der Waals surface area contributed by atoms with Gasteiger partial charge in [0, 0.05) is 31.4 Å². The van der Waals surface area contributed by atoms with E-state index in [-0.39, 0.29) is 0 Å². The summed E-state index contributed by atoms with van der Waals surface area (Å²) in [6.07, 6.45) is 6.13. The molecular weight excluding hydrogens is 300 g/mol. The predicted molar refractivity (Wildman–Crippen MR) is 92.1 cm³/mol. The van der Waals surface area contributed by atoms with Gasteiger partial charge in [0.2, 0.25) is 0 Å². The summed E-state index contributed by atoms with van der Waals surface area (Å²) < 4.78 is 1.72. The maximum absolute atomic E-state index is 10.5. The van der Waals surface area contributed by atoms with E-state index in [1.54, 1.807) is 10.9 Å². The van der Waals surface area contributed by atoms with Crippen molar-refractivity contribution in [1.82, 2.24) is 14.7 Å². The molecule has 5 heteroatoms. The number of nitriles is 1. The molecule has 0 spiro atoms. The van der Waals surface area contributed by atoms with Crippen molar-refractivity contribution in [3.8, 4) is 6.07 Å². The predicted octanol–water partition coefficient (Wildman–Crippen LogP) is 2.69. The average Bonchev–Trinajstić information content (AvgIpc) is 3.18. The zero-order valence-electron chi connectivity index (χ0n) is 14.3. The molecule has 3 rings (SSSR count). The Morgan fingerprint density at radius 1 is 1.46 bits per heavy atom. The highest BCUT2D eigenvalue weighted by molar-refractivity contribution is 5.39. The second-order valence-electron chi connectivity index (χ2n) is 6.73. The summed E-state index contributed by atoms with van der Waals surface area (Å²) in [4.78, 5) is 2.42. The molecule has 1 aliphatic heterocycles. The fraction of sp³-hybridized carbons (Fsp3) is 0.474. The first-order valence-electron chi connectivity index (χ1n) is 8.47. The number of nitrogens with zero attached hydrogens (tertiary/aromatic N) is 4. The summed E-state index contributed by atoms with van der Waals surface area (Å²) in [5, 5.41) is 23.8. The molecule has 1 saturated heterocycles. The molecule has 24 heavy (non-hydrogen) atoms. The molecule has 0 radical (unpaired) electrons. The van der Waals surface area contributed by atoms with Crippen molar-refractivity contribution < 1.29 is 5.11 Å². The number of aliphatic hydroxyl groups is 1. The van der Waals surface area contributed by atoms with Gasteiger partial charge in [0.25, 0.3) is 0 Å². The molecule has 1 aliphatic rings. The third-order valence-electron chi connectivity index (χ3n) is 4.91. The molecule has 2 heterocycles. The maximum atomic E-state index is 10.5. The lowest BCUT2D eigenvalue weighted by Crippen LogP contribution is -2.30. The molecule has 2 aromatic rings. The molecule has 0 aliphatic carbocycles. The first-order valence-corrected chi connectivity index (χ1v) is 8.47. The molecule has 0 saturated carbocycles. The Hall–Kier alpha value is -2.16. The lowest BCUT2D eigenvalue weighted by molar-refractivity contribution is 0.118. The zero-order chi connectivity index (χ0) is 17.1. The molecule has 5 nitrogen and oxygen atoms in total. The van der Waals surface area contributed by atoms with Crippen molar-refractivity contribution in [3.05, 3.63) is 52.8 Å². The molecule has 0 amide bonds. The van der Waals surface area contributed by atoms with Crippen LogP contribution in [0.5, 0.6) is 0 Å².